The van der Waals surface area contributed by atoms with Crippen molar-refractivity contribution in [3.05, 3.63) is 52.1 Å². The third kappa shape index (κ3) is 3.73. The Morgan fingerprint density at radius 2 is 1.94 bits per heavy atom. The topological polar surface area (TPSA) is 102 Å². The zero-order valence-electron chi connectivity index (χ0n) is 18.4. The minimum Gasteiger partial charge on any atom is -0.403 e. The van der Waals surface area contributed by atoms with Crippen LogP contribution in [0.25, 0.3) is 28.2 Å². The molecule has 1 N–H and O–H groups in total. The summed E-state index contributed by atoms with van der Waals surface area (Å²) in [6.45, 7) is 2.76. The Labute approximate surface area is 191 Å². The second-order valence-corrected chi connectivity index (χ2v) is 8.10. The van der Waals surface area contributed by atoms with Crippen LogP contribution in [-0.2, 0) is 10.9 Å². The number of aromatic nitrogens is 5. The van der Waals surface area contributed by atoms with Crippen LogP contribution in [0.15, 0.2) is 39.5 Å². The molecule has 0 amide bonds. The van der Waals surface area contributed by atoms with Gasteiger partial charge in [0.25, 0.3) is 11.4 Å². The Morgan fingerprint density at radius 1 is 1.18 bits per heavy atom. The van der Waals surface area contributed by atoms with E-state index in [1.807, 2.05) is 4.90 Å². The minimum atomic E-state index is -4.73. The van der Waals surface area contributed by atoms with Gasteiger partial charge in [0.05, 0.1) is 17.4 Å². The predicted octanol–water partition coefficient (Wildman–Crippen LogP) is 3.68. The Hall–Kier alpha value is -3.67. The maximum Gasteiger partial charge on any atom is 0.433 e. The molecule has 1 aliphatic heterocycles. The summed E-state index contributed by atoms with van der Waals surface area (Å²) in [4.78, 5) is 19.5. The van der Waals surface area contributed by atoms with E-state index in [1.54, 1.807) is 25.3 Å². The van der Waals surface area contributed by atoms with Crippen LogP contribution in [0, 0.1) is 6.92 Å². The number of aryl methyl sites for hydroxylation is 1. The zero-order chi connectivity index (χ0) is 24.0. The number of hydrogen-bond donors (Lipinski definition) is 1. The molecular weight excluding hydrogens is 453 g/mol. The summed E-state index contributed by atoms with van der Waals surface area (Å²) in [5, 5.41) is 10.2. The Morgan fingerprint density at radius 3 is 2.65 bits per heavy atom. The maximum absolute atomic E-state index is 13.9. The van der Waals surface area contributed by atoms with Crippen molar-refractivity contribution in [1.29, 1.82) is 0 Å². The molecular formula is C22H21F3N6O3. The maximum atomic E-state index is 13.9. The number of fused-ring (bicyclic) bond motifs is 1. The molecule has 0 bridgehead atoms. The molecule has 1 saturated heterocycles. The normalized spacial score (nSPS) is 17.0. The second-order valence-electron chi connectivity index (χ2n) is 8.10. The fraction of sp³-hybridized carbons (Fsp3) is 0.364. The quantitative estimate of drug-likeness (QED) is 0.481. The van der Waals surface area contributed by atoms with E-state index in [2.05, 4.69) is 20.3 Å². The average molecular weight is 474 g/mol. The molecule has 1 aliphatic rings. The van der Waals surface area contributed by atoms with E-state index in [-0.39, 0.29) is 46.0 Å². The van der Waals surface area contributed by atoms with Gasteiger partial charge in [-0.1, -0.05) is 35.4 Å². The van der Waals surface area contributed by atoms with Crippen molar-refractivity contribution in [3.63, 3.8) is 0 Å². The van der Waals surface area contributed by atoms with Crippen molar-refractivity contribution in [2.24, 2.45) is 0 Å². The first-order valence-electron chi connectivity index (χ1n) is 10.7. The number of nitrogens with zero attached hydrogens (tertiary/aromatic N) is 5. The summed E-state index contributed by atoms with van der Waals surface area (Å²) in [6.07, 6.45) is -2.93. The highest BCUT2D eigenvalue weighted by molar-refractivity contribution is 5.81. The molecule has 0 radical (unpaired) electrons. The van der Waals surface area contributed by atoms with Crippen LogP contribution in [0.1, 0.15) is 24.2 Å². The molecule has 0 saturated carbocycles. The second kappa shape index (κ2) is 8.28. The summed E-state index contributed by atoms with van der Waals surface area (Å²) in [5.41, 5.74) is -1.77. The third-order valence-corrected chi connectivity index (χ3v) is 5.92. The number of halogens is 3. The van der Waals surface area contributed by atoms with E-state index in [4.69, 9.17) is 9.15 Å². The van der Waals surface area contributed by atoms with E-state index in [0.717, 1.165) is 17.4 Å². The van der Waals surface area contributed by atoms with Gasteiger partial charge in [-0.05, 0) is 25.3 Å². The van der Waals surface area contributed by atoms with Gasteiger partial charge in [0.1, 0.15) is 11.3 Å². The summed E-state index contributed by atoms with van der Waals surface area (Å²) in [5.74, 6) is -0.108. The Kier molecular flexibility index (Phi) is 5.39. The number of alkyl halides is 3. The van der Waals surface area contributed by atoms with Crippen LogP contribution in [0.3, 0.4) is 0 Å². The van der Waals surface area contributed by atoms with Crippen molar-refractivity contribution in [3.8, 4) is 22.6 Å². The molecule has 1 unspecified atom stereocenters. The van der Waals surface area contributed by atoms with Crippen LogP contribution >= 0.6 is 0 Å². The predicted molar refractivity (Wildman–Crippen MR) is 117 cm³/mol. The lowest BCUT2D eigenvalue weighted by atomic mass is 10.1. The van der Waals surface area contributed by atoms with Crippen molar-refractivity contribution >= 4 is 11.7 Å². The number of benzene rings is 1. The number of rotatable bonds is 4. The number of nitrogens with one attached hydrogen (secondary N) is 1. The van der Waals surface area contributed by atoms with Crippen molar-refractivity contribution in [2.45, 2.75) is 32.0 Å². The highest BCUT2D eigenvalue weighted by atomic mass is 19.4. The molecule has 1 aromatic carbocycles. The van der Waals surface area contributed by atoms with Crippen LogP contribution < -0.4 is 10.5 Å². The van der Waals surface area contributed by atoms with E-state index in [1.165, 1.54) is 19.1 Å². The minimum absolute atomic E-state index is 0.0191. The fourth-order valence-electron chi connectivity index (χ4n) is 4.26. The zero-order valence-corrected chi connectivity index (χ0v) is 18.4. The summed E-state index contributed by atoms with van der Waals surface area (Å²) < 4.78 is 53.5. The number of piperidine rings is 1. The lowest BCUT2D eigenvalue weighted by Gasteiger charge is -2.30. The van der Waals surface area contributed by atoms with E-state index in [9.17, 15) is 18.0 Å². The molecule has 4 aromatic rings. The molecule has 0 aliphatic carbocycles. The number of hydrogen-bond acceptors (Lipinski definition) is 7. The monoisotopic (exact) mass is 474 g/mol. The smallest absolute Gasteiger partial charge is 0.403 e. The van der Waals surface area contributed by atoms with Gasteiger partial charge < -0.3 is 14.1 Å². The first kappa shape index (κ1) is 22.1. The largest absolute Gasteiger partial charge is 0.433 e. The van der Waals surface area contributed by atoms with Gasteiger partial charge in [-0.2, -0.15) is 17.7 Å². The number of ether oxygens (including phenoxy) is 1. The standard InChI is InChI=1S/C22H21F3N6O3/c1-12-15(19-27-28-21(34-19)30-10-6-9-14(11-30)33-2)20(32)31-18(26-12)16(13-7-4-3-5-8-13)17(29-31)22(23,24)25/h3-5,7-8,14,29H,6,9-11H2,1-2H3. The Balaban J connectivity index is 1.64. The van der Waals surface area contributed by atoms with Gasteiger partial charge in [0, 0.05) is 20.2 Å². The summed E-state index contributed by atoms with van der Waals surface area (Å²) in [7, 11) is 1.63. The van der Waals surface area contributed by atoms with E-state index in [0.29, 0.717) is 13.1 Å². The Bertz CT molecular complexity index is 1390. The molecule has 3 aromatic heterocycles. The number of aromatic amines is 1. The summed E-state index contributed by atoms with van der Waals surface area (Å²) in [6, 6.07) is 8.21. The molecule has 9 nitrogen and oxygen atoms in total. The van der Waals surface area contributed by atoms with Crippen molar-refractivity contribution in [2.75, 3.05) is 25.1 Å². The number of methoxy groups -OCH3 is 1. The molecule has 4 heterocycles. The number of anilines is 1. The van der Waals surface area contributed by atoms with E-state index < -0.39 is 17.4 Å². The molecule has 1 atom stereocenters. The molecule has 12 heteroatoms. The van der Waals surface area contributed by atoms with Gasteiger partial charge in [0.2, 0.25) is 0 Å². The van der Waals surface area contributed by atoms with Crippen LogP contribution in [0.2, 0.25) is 0 Å². The van der Waals surface area contributed by atoms with Crippen LogP contribution in [-0.4, -0.2) is 51.1 Å². The molecule has 34 heavy (non-hydrogen) atoms. The molecule has 178 valence electrons. The molecule has 0 spiro atoms. The SMILES string of the molecule is COC1CCCN(c2nnc(-c3c(C)nc4c(-c5ccccc5)c(C(F)(F)F)[nH]n4c3=O)o2)C1. The van der Waals surface area contributed by atoms with E-state index >= 15 is 0 Å². The fourth-order valence-corrected chi connectivity index (χ4v) is 4.26. The van der Waals surface area contributed by atoms with Gasteiger partial charge in [-0.3, -0.25) is 9.89 Å². The first-order chi connectivity index (χ1) is 16.3. The molecule has 1 fully saturated rings. The lowest BCUT2D eigenvalue weighted by molar-refractivity contribution is -0.140. The van der Waals surface area contributed by atoms with Crippen molar-refractivity contribution in [1.82, 2.24) is 24.8 Å². The summed E-state index contributed by atoms with van der Waals surface area (Å²) >= 11 is 0. The highest BCUT2D eigenvalue weighted by Crippen LogP contribution is 2.38. The van der Waals surface area contributed by atoms with Gasteiger partial charge >= 0.3 is 12.2 Å². The third-order valence-electron chi connectivity index (χ3n) is 5.92. The lowest BCUT2D eigenvalue weighted by Crippen LogP contribution is -2.39. The van der Waals surface area contributed by atoms with Gasteiger partial charge in [0.15, 0.2) is 5.65 Å². The van der Waals surface area contributed by atoms with Crippen molar-refractivity contribution < 1.29 is 22.3 Å². The van der Waals surface area contributed by atoms with Gasteiger partial charge in [-0.25, -0.2) is 4.98 Å². The average Bonchev–Trinajstić information content (AvgIpc) is 3.45. The highest BCUT2D eigenvalue weighted by Gasteiger charge is 2.38. The van der Waals surface area contributed by atoms with Gasteiger partial charge in [-0.15, -0.1) is 5.10 Å². The first-order valence-corrected chi connectivity index (χ1v) is 10.7. The molecule has 5 rings (SSSR count). The number of H-pyrrole nitrogens is 1. The van der Waals surface area contributed by atoms with Crippen LogP contribution in [0.4, 0.5) is 19.2 Å². The van der Waals surface area contributed by atoms with Crippen LogP contribution in [0.5, 0.6) is 0 Å².